The van der Waals surface area contributed by atoms with Crippen molar-refractivity contribution in [3.05, 3.63) is 0 Å². The first-order chi connectivity index (χ1) is 6.24. The van der Waals surface area contributed by atoms with Crippen LogP contribution in [-0.4, -0.2) is 43.5 Å². The molecule has 3 nitrogen and oxygen atoms in total. The normalized spacial score (nSPS) is 21.4. The third kappa shape index (κ3) is 3.44. The molecule has 1 saturated heterocycles. The SMILES string of the molecule is CCC(=O)C(C)CN1CCOCC1. The molecule has 1 unspecified atom stereocenters. The van der Waals surface area contributed by atoms with E-state index in [0.717, 1.165) is 32.8 Å². The quantitative estimate of drug-likeness (QED) is 0.652. The molecule has 0 aromatic carbocycles. The Balaban J connectivity index is 2.25. The smallest absolute Gasteiger partial charge is 0.136 e. The minimum absolute atomic E-state index is 0.183. The number of hydrogen-bond acceptors (Lipinski definition) is 3. The third-order valence-corrected chi connectivity index (χ3v) is 2.53. The van der Waals surface area contributed by atoms with Crippen molar-refractivity contribution < 1.29 is 9.53 Å². The fourth-order valence-electron chi connectivity index (χ4n) is 1.62. The van der Waals surface area contributed by atoms with E-state index in [2.05, 4.69) is 4.90 Å². The summed E-state index contributed by atoms with van der Waals surface area (Å²) in [5.74, 6) is 0.551. The van der Waals surface area contributed by atoms with Crippen LogP contribution in [0.25, 0.3) is 0 Å². The molecule has 13 heavy (non-hydrogen) atoms. The Hall–Kier alpha value is -0.410. The number of carbonyl (C=O) groups is 1. The second kappa shape index (κ2) is 5.35. The molecule has 3 heteroatoms. The van der Waals surface area contributed by atoms with E-state index in [0.29, 0.717) is 12.2 Å². The lowest BCUT2D eigenvalue weighted by Crippen LogP contribution is -2.40. The lowest BCUT2D eigenvalue weighted by molar-refractivity contribution is -0.123. The molecule has 0 saturated carbocycles. The maximum Gasteiger partial charge on any atom is 0.136 e. The predicted octanol–water partition coefficient (Wildman–Crippen LogP) is 0.934. The zero-order valence-corrected chi connectivity index (χ0v) is 8.58. The largest absolute Gasteiger partial charge is 0.379 e. The number of rotatable bonds is 4. The highest BCUT2D eigenvalue weighted by Gasteiger charge is 2.17. The van der Waals surface area contributed by atoms with Gasteiger partial charge in [0.15, 0.2) is 0 Å². The van der Waals surface area contributed by atoms with Crippen LogP contribution in [0, 0.1) is 5.92 Å². The van der Waals surface area contributed by atoms with E-state index in [1.54, 1.807) is 0 Å². The van der Waals surface area contributed by atoms with E-state index in [4.69, 9.17) is 4.74 Å². The van der Waals surface area contributed by atoms with Gasteiger partial charge in [-0.3, -0.25) is 9.69 Å². The van der Waals surface area contributed by atoms with E-state index in [9.17, 15) is 4.79 Å². The van der Waals surface area contributed by atoms with Crippen LogP contribution >= 0.6 is 0 Å². The molecule has 1 atom stereocenters. The van der Waals surface area contributed by atoms with Crippen LogP contribution in [0.4, 0.5) is 0 Å². The van der Waals surface area contributed by atoms with Gasteiger partial charge in [0.1, 0.15) is 5.78 Å². The summed E-state index contributed by atoms with van der Waals surface area (Å²) >= 11 is 0. The van der Waals surface area contributed by atoms with E-state index in [1.165, 1.54) is 0 Å². The third-order valence-electron chi connectivity index (χ3n) is 2.53. The highest BCUT2D eigenvalue weighted by atomic mass is 16.5. The molecule has 0 amide bonds. The summed E-state index contributed by atoms with van der Waals surface area (Å²) in [5, 5.41) is 0. The van der Waals surface area contributed by atoms with E-state index >= 15 is 0 Å². The molecule has 1 rings (SSSR count). The van der Waals surface area contributed by atoms with Crippen LogP contribution in [0.5, 0.6) is 0 Å². The van der Waals surface area contributed by atoms with Crippen molar-refractivity contribution >= 4 is 5.78 Å². The monoisotopic (exact) mass is 185 g/mol. The summed E-state index contributed by atoms with van der Waals surface area (Å²) in [6, 6.07) is 0. The van der Waals surface area contributed by atoms with Gasteiger partial charge < -0.3 is 4.74 Å². The molecule has 0 aliphatic carbocycles. The molecule has 1 fully saturated rings. The van der Waals surface area contributed by atoms with Gasteiger partial charge in [0.25, 0.3) is 0 Å². The number of morpholine rings is 1. The van der Waals surface area contributed by atoms with Gasteiger partial charge in [0, 0.05) is 32.0 Å². The minimum atomic E-state index is 0.183. The summed E-state index contributed by atoms with van der Waals surface area (Å²) in [7, 11) is 0. The molecular formula is C10H19NO2. The lowest BCUT2D eigenvalue weighted by atomic mass is 10.0. The van der Waals surface area contributed by atoms with Crippen LogP contribution < -0.4 is 0 Å². The Kier molecular flexibility index (Phi) is 4.39. The Morgan fingerprint density at radius 2 is 2.08 bits per heavy atom. The molecule has 1 aliphatic heterocycles. The topological polar surface area (TPSA) is 29.5 Å². The maximum absolute atomic E-state index is 11.3. The van der Waals surface area contributed by atoms with E-state index < -0.39 is 0 Å². The standard InChI is InChI=1S/C10H19NO2/c1-3-10(12)9(2)8-11-4-6-13-7-5-11/h9H,3-8H2,1-2H3. The van der Waals surface area contributed by atoms with Gasteiger partial charge in [-0.2, -0.15) is 0 Å². The molecule has 76 valence electrons. The minimum Gasteiger partial charge on any atom is -0.379 e. The molecule has 1 heterocycles. The average Bonchev–Trinajstić information content (AvgIpc) is 2.18. The first kappa shape index (κ1) is 10.7. The zero-order chi connectivity index (χ0) is 9.68. The van der Waals surface area contributed by atoms with Crippen molar-refractivity contribution in [2.75, 3.05) is 32.8 Å². The first-order valence-electron chi connectivity index (χ1n) is 5.07. The Labute approximate surface area is 80.1 Å². The highest BCUT2D eigenvalue weighted by molar-refractivity contribution is 5.80. The second-order valence-corrected chi connectivity index (χ2v) is 3.63. The Morgan fingerprint density at radius 1 is 1.46 bits per heavy atom. The van der Waals surface area contributed by atoms with Gasteiger partial charge in [-0.25, -0.2) is 0 Å². The number of nitrogens with zero attached hydrogens (tertiary/aromatic N) is 1. The van der Waals surface area contributed by atoms with Crippen molar-refractivity contribution in [1.82, 2.24) is 4.90 Å². The van der Waals surface area contributed by atoms with Crippen LogP contribution in [0.1, 0.15) is 20.3 Å². The van der Waals surface area contributed by atoms with Crippen LogP contribution in [0.3, 0.4) is 0 Å². The van der Waals surface area contributed by atoms with Gasteiger partial charge in [-0.05, 0) is 0 Å². The van der Waals surface area contributed by atoms with Crippen LogP contribution in [0.15, 0.2) is 0 Å². The summed E-state index contributed by atoms with van der Waals surface area (Å²) in [5.41, 5.74) is 0. The fourth-order valence-corrected chi connectivity index (χ4v) is 1.62. The predicted molar refractivity (Wildman–Crippen MR) is 51.7 cm³/mol. The van der Waals surface area contributed by atoms with Gasteiger partial charge in [-0.1, -0.05) is 13.8 Å². The molecule has 0 bridgehead atoms. The highest BCUT2D eigenvalue weighted by Crippen LogP contribution is 2.05. The van der Waals surface area contributed by atoms with Crippen LogP contribution in [-0.2, 0) is 9.53 Å². The fraction of sp³-hybridized carbons (Fsp3) is 0.900. The molecule has 0 aromatic rings. The number of hydrogen-bond donors (Lipinski definition) is 0. The van der Waals surface area contributed by atoms with Gasteiger partial charge in [0.2, 0.25) is 0 Å². The molecule has 0 spiro atoms. The number of carbonyl (C=O) groups excluding carboxylic acids is 1. The molecule has 0 N–H and O–H groups in total. The molecule has 0 aromatic heterocycles. The van der Waals surface area contributed by atoms with E-state index in [-0.39, 0.29) is 5.92 Å². The first-order valence-corrected chi connectivity index (χ1v) is 5.07. The number of Topliss-reactive ketones (excluding diaryl/α,β-unsaturated/α-hetero) is 1. The van der Waals surface area contributed by atoms with Gasteiger partial charge in [0.05, 0.1) is 13.2 Å². The zero-order valence-electron chi connectivity index (χ0n) is 8.58. The van der Waals surface area contributed by atoms with Crippen LogP contribution in [0.2, 0.25) is 0 Å². The summed E-state index contributed by atoms with van der Waals surface area (Å²) < 4.78 is 5.24. The lowest BCUT2D eigenvalue weighted by Gasteiger charge is -2.28. The summed E-state index contributed by atoms with van der Waals surface area (Å²) in [4.78, 5) is 13.6. The maximum atomic E-state index is 11.3. The Bertz CT molecular complexity index is 164. The number of ether oxygens (including phenoxy) is 1. The van der Waals surface area contributed by atoms with Crippen molar-refractivity contribution in [2.24, 2.45) is 5.92 Å². The summed E-state index contributed by atoms with van der Waals surface area (Å²) in [6.45, 7) is 8.41. The van der Waals surface area contributed by atoms with Crippen molar-refractivity contribution in [3.8, 4) is 0 Å². The second-order valence-electron chi connectivity index (χ2n) is 3.63. The van der Waals surface area contributed by atoms with Crippen molar-refractivity contribution in [3.63, 3.8) is 0 Å². The number of ketones is 1. The Morgan fingerprint density at radius 3 is 2.62 bits per heavy atom. The summed E-state index contributed by atoms with van der Waals surface area (Å²) in [6.07, 6.45) is 0.658. The van der Waals surface area contributed by atoms with Gasteiger partial charge >= 0.3 is 0 Å². The van der Waals surface area contributed by atoms with Gasteiger partial charge in [-0.15, -0.1) is 0 Å². The van der Waals surface area contributed by atoms with Crippen molar-refractivity contribution in [2.45, 2.75) is 20.3 Å². The molecular weight excluding hydrogens is 166 g/mol. The molecule has 0 radical (unpaired) electrons. The van der Waals surface area contributed by atoms with E-state index in [1.807, 2.05) is 13.8 Å². The molecule has 1 aliphatic rings. The average molecular weight is 185 g/mol. The van der Waals surface area contributed by atoms with Crippen molar-refractivity contribution in [1.29, 1.82) is 0 Å².